The number of hydrogen-bond donors (Lipinski definition) is 1. The first-order valence-electron chi connectivity index (χ1n) is 9.04. The van der Waals surface area contributed by atoms with Gasteiger partial charge in [-0.05, 0) is 42.7 Å². The van der Waals surface area contributed by atoms with Crippen LogP contribution >= 0.6 is 0 Å². The summed E-state index contributed by atoms with van der Waals surface area (Å²) < 4.78 is 5.27. The summed E-state index contributed by atoms with van der Waals surface area (Å²) in [6, 6.07) is 16.0. The molecule has 2 rings (SSSR count). The van der Waals surface area contributed by atoms with Crippen molar-refractivity contribution in [3.8, 4) is 0 Å². The Morgan fingerprint density at radius 3 is 2.19 bits per heavy atom. The van der Waals surface area contributed by atoms with Crippen LogP contribution in [0.3, 0.4) is 0 Å². The lowest BCUT2D eigenvalue weighted by molar-refractivity contribution is -0.150. The number of carbonyl (C=O) groups excluding carboxylic acids is 3. The minimum Gasteiger partial charge on any atom is -0.455 e. The van der Waals surface area contributed by atoms with Crippen LogP contribution < -0.4 is 5.32 Å². The molecule has 2 aromatic carbocycles. The monoisotopic (exact) mass is 367 g/mol. The molecule has 1 N–H and O–H groups in total. The zero-order valence-corrected chi connectivity index (χ0v) is 15.9. The fraction of sp³-hybridized carbons (Fsp3) is 0.318. The summed E-state index contributed by atoms with van der Waals surface area (Å²) in [5.74, 6) is -1.17. The number of rotatable bonds is 8. The van der Waals surface area contributed by atoms with E-state index >= 15 is 0 Å². The van der Waals surface area contributed by atoms with Crippen molar-refractivity contribution in [1.29, 1.82) is 0 Å². The highest BCUT2D eigenvalue weighted by molar-refractivity contribution is 5.96. The Morgan fingerprint density at radius 2 is 1.63 bits per heavy atom. The molecule has 0 bridgehead atoms. The first-order chi connectivity index (χ1) is 12.9. The summed E-state index contributed by atoms with van der Waals surface area (Å²) in [6.07, 6.45) is 0.823. The van der Waals surface area contributed by atoms with Crippen molar-refractivity contribution in [2.75, 3.05) is 11.9 Å². The highest BCUT2D eigenvalue weighted by Gasteiger charge is 2.27. The molecule has 0 saturated carbocycles. The van der Waals surface area contributed by atoms with Crippen molar-refractivity contribution < 1.29 is 19.1 Å². The third-order valence-electron chi connectivity index (χ3n) is 4.55. The highest BCUT2D eigenvalue weighted by Crippen LogP contribution is 2.28. The first-order valence-corrected chi connectivity index (χ1v) is 9.04. The fourth-order valence-electron chi connectivity index (χ4n) is 2.80. The van der Waals surface area contributed by atoms with Crippen LogP contribution in [0.15, 0.2) is 54.6 Å². The molecule has 0 aliphatic rings. The first kappa shape index (κ1) is 20.4. The molecule has 0 aliphatic heterocycles. The molecular weight excluding hydrogens is 342 g/mol. The Kier molecular flexibility index (Phi) is 7.29. The van der Waals surface area contributed by atoms with E-state index in [2.05, 4.69) is 5.32 Å². The summed E-state index contributed by atoms with van der Waals surface area (Å²) in [4.78, 5) is 35.9. The van der Waals surface area contributed by atoms with E-state index in [9.17, 15) is 14.4 Å². The number of ether oxygens (including phenoxy) is 1. The molecule has 0 heterocycles. The lowest BCUT2D eigenvalue weighted by atomic mass is 9.86. The van der Waals surface area contributed by atoms with E-state index in [4.69, 9.17) is 4.74 Å². The maximum absolute atomic E-state index is 12.6. The molecule has 142 valence electrons. The van der Waals surface area contributed by atoms with Gasteiger partial charge in [0.1, 0.15) is 0 Å². The van der Waals surface area contributed by atoms with Gasteiger partial charge in [0.15, 0.2) is 12.4 Å². The van der Waals surface area contributed by atoms with E-state index < -0.39 is 17.8 Å². The second kappa shape index (κ2) is 9.67. The average Bonchev–Trinajstić information content (AvgIpc) is 2.67. The van der Waals surface area contributed by atoms with Crippen LogP contribution in [0.1, 0.15) is 49.0 Å². The molecule has 2 aromatic rings. The van der Waals surface area contributed by atoms with Gasteiger partial charge < -0.3 is 10.1 Å². The largest absolute Gasteiger partial charge is 0.455 e. The predicted octanol–water partition coefficient (Wildman–Crippen LogP) is 4.20. The van der Waals surface area contributed by atoms with Gasteiger partial charge in [-0.25, -0.2) is 0 Å². The van der Waals surface area contributed by atoms with Crippen molar-refractivity contribution in [3.63, 3.8) is 0 Å². The molecule has 0 saturated heterocycles. The summed E-state index contributed by atoms with van der Waals surface area (Å²) in [6.45, 7) is 5.14. The Labute approximate surface area is 159 Å². The molecule has 0 aliphatic carbocycles. The standard InChI is InChI=1S/C22H25NO4/c1-4-15(2)21(18-8-6-5-7-9-18)22(26)27-14-20(25)23-19-12-10-17(11-13-19)16(3)24/h5-13,15,21H,4,14H2,1-3H3,(H,23,25)/t15-,21+/m0/s1. The van der Waals surface area contributed by atoms with Crippen LogP contribution in [0.5, 0.6) is 0 Å². The topological polar surface area (TPSA) is 72.5 Å². The lowest BCUT2D eigenvalue weighted by Gasteiger charge is -2.21. The smallest absolute Gasteiger partial charge is 0.314 e. The van der Waals surface area contributed by atoms with Gasteiger partial charge in [-0.15, -0.1) is 0 Å². The number of esters is 1. The molecular formula is C22H25NO4. The summed E-state index contributed by atoms with van der Waals surface area (Å²) in [5, 5.41) is 2.66. The number of benzene rings is 2. The lowest BCUT2D eigenvalue weighted by Crippen LogP contribution is -2.26. The van der Waals surface area contributed by atoms with Crippen molar-refractivity contribution in [2.45, 2.75) is 33.1 Å². The third kappa shape index (κ3) is 5.78. The van der Waals surface area contributed by atoms with Gasteiger partial charge in [-0.2, -0.15) is 0 Å². The van der Waals surface area contributed by atoms with Gasteiger partial charge >= 0.3 is 5.97 Å². The van der Waals surface area contributed by atoms with Gasteiger partial charge in [0.2, 0.25) is 0 Å². The molecule has 1 amide bonds. The maximum atomic E-state index is 12.6. The third-order valence-corrected chi connectivity index (χ3v) is 4.55. The van der Waals surface area contributed by atoms with E-state index in [1.165, 1.54) is 6.92 Å². The zero-order chi connectivity index (χ0) is 19.8. The zero-order valence-electron chi connectivity index (χ0n) is 15.9. The van der Waals surface area contributed by atoms with Crippen LogP contribution in [-0.4, -0.2) is 24.3 Å². The van der Waals surface area contributed by atoms with Crippen LogP contribution in [0.4, 0.5) is 5.69 Å². The Balaban J connectivity index is 1.95. The molecule has 0 aromatic heterocycles. The van der Waals surface area contributed by atoms with Gasteiger partial charge in [0.25, 0.3) is 5.91 Å². The van der Waals surface area contributed by atoms with Crippen molar-refractivity contribution in [1.82, 2.24) is 0 Å². The molecule has 5 heteroatoms. The number of hydrogen-bond acceptors (Lipinski definition) is 4. The van der Waals surface area contributed by atoms with E-state index in [1.807, 2.05) is 44.2 Å². The minimum atomic E-state index is -0.421. The number of carbonyl (C=O) groups is 3. The molecule has 0 spiro atoms. The number of amides is 1. The molecule has 5 nitrogen and oxygen atoms in total. The summed E-state index contributed by atoms with van der Waals surface area (Å²) >= 11 is 0. The molecule has 2 atom stereocenters. The molecule has 0 radical (unpaired) electrons. The fourth-order valence-corrected chi connectivity index (χ4v) is 2.80. The Bertz CT molecular complexity index is 784. The van der Waals surface area contributed by atoms with Crippen LogP contribution in [0.2, 0.25) is 0 Å². The molecule has 0 fully saturated rings. The van der Waals surface area contributed by atoms with Crippen molar-refractivity contribution >= 4 is 23.3 Å². The summed E-state index contributed by atoms with van der Waals surface area (Å²) in [5.41, 5.74) is 2.00. The Hall–Kier alpha value is -2.95. The number of ketones is 1. The minimum absolute atomic E-state index is 0.0428. The summed E-state index contributed by atoms with van der Waals surface area (Å²) in [7, 11) is 0. The maximum Gasteiger partial charge on any atom is 0.314 e. The average molecular weight is 367 g/mol. The van der Waals surface area contributed by atoms with Crippen LogP contribution in [0, 0.1) is 5.92 Å². The number of Topliss-reactive ketones (excluding diaryl/α,β-unsaturated/α-hetero) is 1. The van der Waals surface area contributed by atoms with E-state index in [0.29, 0.717) is 11.3 Å². The molecule has 27 heavy (non-hydrogen) atoms. The van der Waals surface area contributed by atoms with Crippen LogP contribution in [0.25, 0.3) is 0 Å². The quantitative estimate of drug-likeness (QED) is 0.561. The normalized spacial score (nSPS) is 12.7. The van der Waals surface area contributed by atoms with Gasteiger partial charge in [0, 0.05) is 11.3 Å². The number of nitrogens with one attached hydrogen (secondary N) is 1. The second-order valence-electron chi connectivity index (χ2n) is 6.56. The Morgan fingerprint density at radius 1 is 1.00 bits per heavy atom. The van der Waals surface area contributed by atoms with Crippen molar-refractivity contribution in [2.24, 2.45) is 5.92 Å². The predicted molar refractivity (Wildman–Crippen MR) is 105 cm³/mol. The van der Waals surface area contributed by atoms with Gasteiger partial charge in [-0.1, -0.05) is 50.6 Å². The number of anilines is 1. The second-order valence-corrected chi connectivity index (χ2v) is 6.56. The van der Waals surface area contributed by atoms with Crippen molar-refractivity contribution in [3.05, 3.63) is 65.7 Å². The van der Waals surface area contributed by atoms with Gasteiger partial charge in [0.05, 0.1) is 5.92 Å². The SMILES string of the molecule is CC[C@H](C)[C@@H](C(=O)OCC(=O)Nc1ccc(C(C)=O)cc1)c1ccccc1. The molecule has 0 unspecified atom stereocenters. The highest BCUT2D eigenvalue weighted by atomic mass is 16.5. The van der Waals surface area contributed by atoms with E-state index in [1.54, 1.807) is 24.3 Å². The van der Waals surface area contributed by atoms with E-state index in [-0.39, 0.29) is 18.3 Å². The van der Waals surface area contributed by atoms with Gasteiger partial charge in [-0.3, -0.25) is 14.4 Å². The van der Waals surface area contributed by atoms with Crippen LogP contribution in [-0.2, 0) is 14.3 Å². The van der Waals surface area contributed by atoms with E-state index in [0.717, 1.165) is 12.0 Å².